The van der Waals surface area contributed by atoms with Gasteiger partial charge in [0.15, 0.2) is 0 Å². The molecule has 0 aromatic heterocycles. The van der Waals surface area contributed by atoms with Crippen molar-refractivity contribution < 1.29 is 9.59 Å². The molecule has 1 N–H and O–H groups in total. The van der Waals surface area contributed by atoms with Crippen LogP contribution in [0.4, 0.5) is 5.69 Å². The minimum Gasteiger partial charge on any atom is -0.350 e. The predicted octanol–water partition coefficient (Wildman–Crippen LogP) is 4.05. The van der Waals surface area contributed by atoms with Crippen molar-refractivity contribution in [2.24, 2.45) is 0 Å². The molecule has 1 aliphatic heterocycles. The van der Waals surface area contributed by atoms with E-state index in [1.807, 2.05) is 61.5 Å². The van der Waals surface area contributed by atoms with Gasteiger partial charge in [0, 0.05) is 16.7 Å². The topological polar surface area (TPSA) is 49.4 Å². The summed E-state index contributed by atoms with van der Waals surface area (Å²) in [5.74, 6) is -0.522. The van der Waals surface area contributed by atoms with Crippen LogP contribution in [0.25, 0.3) is 5.57 Å². The summed E-state index contributed by atoms with van der Waals surface area (Å²) in [5.41, 5.74) is 2.26. The fourth-order valence-electron chi connectivity index (χ4n) is 2.70. The maximum absolute atomic E-state index is 12.8. The molecule has 24 heavy (non-hydrogen) atoms. The number of hydrogen-bond donors (Lipinski definition) is 1. The van der Waals surface area contributed by atoms with Crippen molar-refractivity contribution in [1.29, 1.82) is 0 Å². The van der Waals surface area contributed by atoms with Gasteiger partial charge in [-0.05, 0) is 30.2 Å². The molecular weight excluding hydrogens is 368 g/mol. The number of nitrogens with one attached hydrogen (secondary N) is 1. The minimum atomic E-state index is -0.277. The summed E-state index contributed by atoms with van der Waals surface area (Å²) < 4.78 is 0.900. The standard InChI is InChI=1S/C19H17BrN2O2/c1-2-11-22-18(23)16(13-7-4-3-5-8-13)17(19(22)24)21-15-10-6-9-14(20)12-15/h3-10,12,21H,2,11H2,1H3. The highest BCUT2D eigenvalue weighted by molar-refractivity contribution is 9.10. The zero-order chi connectivity index (χ0) is 17.1. The Morgan fingerprint density at radius 3 is 2.42 bits per heavy atom. The smallest absolute Gasteiger partial charge is 0.278 e. The Bertz CT molecular complexity index is 815. The number of benzene rings is 2. The number of rotatable bonds is 5. The van der Waals surface area contributed by atoms with Crippen LogP contribution in [0.2, 0.25) is 0 Å². The zero-order valence-electron chi connectivity index (χ0n) is 13.3. The summed E-state index contributed by atoms with van der Waals surface area (Å²) in [6.45, 7) is 2.36. The lowest BCUT2D eigenvalue weighted by Crippen LogP contribution is -2.33. The molecule has 0 atom stereocenters. The molecular formula is C19H17BrN2O2. The van der Waals surface area contributed by atoms with Gasteiger partial charge in [0.1, 0.15) is 5.70 Å². The molecule has 2 aromatic rings. The van der Waals surface area contributed by atoms with E-state index in [1.165, 1.54) is 4.90 Å². The van der Waals surface area contributed by atoms with Gasteiger partial charge in [0.25, 0.3) is 11.8 Å². The van der Waals surface area contributed by atoms with Crippen LogP contribution in [0.1, 0.15) is 18.9 Å². The van der Waals surface area contributed by atoms with Gasteiger partial charge < -0.3 is 5.32 Å². The second-order valence-electron chi connectivity index (χ2n) is 5.51. The van der Waals surface area contributed by atoms with E-state index in [0.29, 0.717) is 17.8 Å². The molecule has 122 valence electrons. The molecule has 2 aromatic carbocycles. The Balaban J connectivity index is 2.06. The average molecular weight is 385 g/mol. The van der Waals surface area contributed by atoms with Gasteiger partial charge in [-0.15, -0.1) is 0 Å². The second kappa shape index (κ2) is 7.01. The van der Waals surface area contributed by atoms with Crippen molar-refractivity contribution in [2.45, 2.75) is 13.3 Å². The normalized spacial score (nSPS) is 14.5. The number of hydrogen-bond acceptors (Lipinski definition) is 3. The van der Waals surface area contributed by atoms with E-state index < -0.39 is 0 Å². The summed E-state index contributed by atoms with van der Waals surface area (Å²) in [4.78, 5) is 26.8. The third-order valence-corrected chi connectivity index (χ3v) is 4.26. The van der Waals surface area contributed by atoms with Gasteiger partial charge in [0.05, 0.1) is 5.57 Å². The Hall–Kier alpha value is -2.40. The van der Waals surface area contributed by atoms with E-state index in [0.717, 1.165) is 22.1 Å². The van der Waals surface area contributed by atoms with E-state index in [9.17, 15) is 9.59 Å². The van der Waals surface area contributed by atoms with Crippen LogP contribution in [0.3, 0.4) is 0 Å². The summed E-state index contributed by atoms with van der Waals surface area (Å²) in [6, 6.07) is 16.8. The number of amides is 2. The first-order chi connectivity index (χ1) is 11.6. The van der Waals surface area contributed by atoms with Gasteiger partial charge in [-0.1, -0.05) is 59.3 Å². The SMILES string of the molecule is CCCN1C(=O)C(Nc2cccc(Br)c2)=C(c2ccccc2)C1=O. The van der Waals surface area contributed by atoms with E-state index in [-0.39, 0.29) is 11.8 Å². The molecule has 0 spiro atoms. The third-order valence-electron chi connectivity index (χ3n) is 3.77. The lowest BCUT2D eigenvalue weighted by Gasteiger charge is -2.13. The molecule has 3 rings (SSSR count). The lowest BCUT2D eigenvalue weighted by molar-refractivity contribution is -0.136. The van der Waals surface area contributed by atoms with Crippen LogP contribution in [0, 0.1) is 0 Å². The molecule has 0 aliphatic carbocycles. The fourth-order valence-corrected chi connectivity index (χ4v) is 3.10. The number of halogens is 1. The molecule has 4 nitrogen and oxygen atoms in total. The fraction of sp³-hybridized carbons (Fsp3) is 0.158. The maximum atomic E-state index is 12.8. The largest absolute Gasteiger partial charge is 0.350 e. The molecule has 5 heteroatoms. The summed E-state index contributed by atoms with van der Waals surface area (Å²) in [5, 5.41) is 3.14. The van der Waals surface area contributed by atoms with Gasteiger partial charge in [0.2, 0.25) is 0 Å². The van der Waals surface area contributed by atoms with Crippen molar-refractivity contribution in [3.05, 3.63) is 70.3 Å². The number of nitrogens with zero attached hydrogens (tertiary/aromatic N) is 1. The molecule has 2 amide bonds. The van der Waals surface area contributed by atoms with E-state index in [4.69, 9.17) is 0 Å². The summed E-state index contributed by atoms with van der Waals surface area (Å²) >= 11 is 3.42. The first-order valence-electron chi connectivity index (χ1n) is 7.80. The number of carbonyl (C=O) groups is 2. The van der Waals surface area contributed by atoms with Crippen LogP contribution >= 0.6 is 15.9 Å². The van der Waals surface area contributed by atoms with Gasteiger partial charge in [-0.25, -0.2) is 0 Å². The predicted molar refractivity (Wildman–Crippen MR) is 98.1 cm³/mol. The van der Waals surface area contributed by atoms with Gasteiger partial charge in [-0.2, -0.15) is 0 Å². The molecule has 0 saturated heterocycles. The average Bonchev–Trinajstić information content (AvgIpc) is 2.81. The molecule has 0 saturated carbocycles. The second-order valence-corrected chi connectivity index (χ2v) is 6.43. The molecule has 1 aliphatic rings. The zero-order valence-corrected chi connectivity index (χ0v) is 14.8. The van der Waals surface area contributed by atoms with Crippen LogP contribution in [-0.2, 0) is 9.59 Å². The molecule has 0 unspecified atom stereocenters. The highest BCUT2D eigenvalue weighted by atomic mass is 79.9. The molecule has 0 radical (unpaired) electrons. The van der Waals surface area contributed by atoms with Crippen molar-refractivity contribution in [3.8, 4) is 0 Å². The molecule has 1 heterocycles. The van der Waals surface area contributed by atoms with Crippen molar-refractivity contribution in [2.75, 3.05) is 11.9 Å². The third kappa shape index (κ3) is 3.12. The van der Waals surface area contributed by atoms with Crippen molar-refractivity contribution in [3.63, 3.8) is 0 Å². The van der Waals surface area contributed by atoms with Crippen LogP contribution in [0.5, 0.6) is 0 Å². The van der Waals surface area contributed by atoms with Crippen molar-refractivity contribution in [1.82, 2.24) is 4.90 Å². The molecule has 0 bridgehead atoms. The quantitative estimate of drug-likeness (QED) is 0.790. The van der Waals surface area contributed by atoms with Gasteiger partial charge in [-0.3, -0.25) is 14.5 Å². The maximum Gasteiger partial charge on any atom is 0.278 e. The summed E-state index contributed by atoms with van der Waals surface area (Å²) in [6.07, 6.45) is 0.726. The Morgan fingerprint density at radius 2 is 1.75 bits per heavy atom. The Morgan fingerprint density at radius 1 is 1.00 bits per heavy atom. The summed E-state index contributed by atoms with van der Waals surface area (Å²) in [7, 11) is 0. The molecule has 0 fully saturated rings. The van der Waals surface area contributed by atoms with E-state index in [2.05, 4.69) is 21.2 Å². The number of anilines is 1. The number of carbonyl (C=O) groups excluding carboxylic acids is 2. The van der Waals surface area contributed by atoms with Crippen LogP contribution < -0.4 is 5.32 Å². The Labute approximate surface area is 149 Å². The highest BCUT2D eigenvalue weighted by Gasteiger charge is 2.38. The monoisotopic (exact) mass is 384 g/mol. The van der Waals surface area contributed by atoms with E-state index >= 15 is 0 Å². The van der Waals surface area contributed by atoms with Gasteiger partial charge >= 0.3 is 0 Å². The first kappa shape index (κ1) is 16.5. The highest BCUT2D eigenvalue weighted by Crippen LogP contribution is 2.30. The first-order valence-corrected chi connectivity index (χ1v) is 8.59. The van der Waals surface area contributed by atoms with E-state index in [1.54, 1.807) is 0 Å². The van der Waals surface area contributed by atoms with Crippen LogP contribution in [-0.4, -0.2) is 23.3 Å². The number of imide groups is 1. The Kier molecular flexibility index (Phi) is 4.81. The van der Waals surface area contributed by atoms with Crippen molar-refractivity contribution >= 4 is 39.0 Å². The minimum absolute atomic E-state index is 0.245. The van der Waals surface area contributed by atoms with Crippen LogP contribution in [0.15, 0.2) is 64.8 Å². The lowest BCUT2D eigenvalue weighted by atomic mass is 10.0.